The van der Waals surface area contributed by atoms with Crippen LogP contribution < -0.4 is 9.47 Å². The van der Waals surface area contributed by atoms with E-state index in [1.165, 1.54) is 0 Å². The second kappa shape index (κ2) is 6.93. The normalized spacial score (nSPS) is 11.8. The molecule has 0 aliphatic heterocycles. The number of ether oxygens (including phenoxy) is 2. The molecule has 0 spiro atoms. The molecule has 2 aromatic rings. The maximum Gasteiger partial charge on any atom is 0.127 e. The Balaban J connectivity index is 2.32. The van der Waals surface area contributed by atoms with Gasteiger partial charge >= 0.3 is 0 Å². The lowest BCUT2D eigenvalue weighted by molar-refractivity contribution is -0.109. The number of benzene rings is 2. The molecule has 0 bridgehead atoms. The van der Waals surface area contributed by atoms with Crippen LogP contribution in [-0.4, -0.2) is 20.5 Å². The Bertz CT molecular complexity index is 620. The third kappa shape index (κ3) is 3.63. The van der Waals surface area contributed by atoms with Crippen LogP contribution in [0.15, 0.2) is 42.5 Å². The van der Waals surface area contributed by atoms with Crippen molar-refractivity contribution >= 4 is 6.29 Å². The highest BCUT2D eigenvalue weighted by atomic mass is 16.5. The topological polar surface area (TPSA) is 35.5 Å². The minimum atomic E-state index is -0.189. The zero-order valence-electron chi connectivity index (χ0n) is 12.6. The van der Waals surface area contributed by atoms with E-state index >= 15 is 0 Å². The zero-order valence-corrected chi connectivity index (χ0v) is 12.6. The number of hydrogen-bond acceptors (Lipinski definition) is 3. The van der Waals surface area contributed by atoms with Gasteiger partial charge in [-0.3, -0.25) is 0 Å². The van der Waals surface area contributed by atoms with Gasteiger partial charge in [-0.25, -0.2) is 0 Å². The summed E-state index contributed by atoms with van der Waals surface area (Å²) in [7, 11) is 3.26. The monoisotopic (exact) mass is 284 g/mol. The first-order valence-corrected chi connectivity index (χ1v) is 6.90. The van der Waals surface area contributed by atoms with Crippen LogP contribution in [0.5, 0.6) is 11.5 Å². The van der Waals surface area contributed by atoms with Gasteiger partial charge in [0.15, 0.2) is 0 Å². The van der Waals surface area contributed by atoms with Crippen LogP contribution in [0.25, 0.3) is 0 Å². The number of hydrogen-bond donors (Lipinski definition) is 0. The Morgan fingerprint density at radius 2 is 1.90 bits per heavy atom. The molecule has 0 radical (unpaired) electrons. The lowest BCUT2D eigenvalue weighted by atomic mass is 9.92. The average Bonchev–Trinajstić information content (AvgIpc) is 2.52. The van der Waals surface area contributed by atoms with Crippen molar-refractivity contribution in [2.24, 2.45) is 0 Å². The molecule has 0 N–H and O–H groups in total. The van der Waals surface area contributed by atoms with Crippen LogP contribution in [0.2, 0.25) is 0 Å². The van der Waals surface area contributed by atoms with E-state index in [0.29, 0.717) is 6.42 Å². The summed E-state index contributed by atoms with van der Waals surface area (Å²) in [5, 5.41) is 0. The lowest BCUT2D eigenvalue weighted by Gasteiger charge is -2.15. The largest absolute Gasteiger partial charge is 0.497 e. The van der Waals surface area contributed by atoms with Crippen molar-refractivity contribution in [1.29, 1.82) is 0 Å². The molecule has 0 aliphatic carbocycles. The Morgan fingerprint density at radius 3 is 2.52 bits per heavy atom. The summed E-state index contributed by atoms with van der Waals surface area (Å²) in [6.45, 7) is 2.03. The van der Waals surface area contributed by atoms with Crippen molar-refractivity contribution in [3.05, 3.63) is 59.2 Å². The molecule has 0 heterocycles. The molecule has 0 amide bonds. The van der Waals surface area contributed by atoms with Gasteiger partial charge in [0.25, 0.3) is 0 Å². The minimum absolute atomic E-state index is 0.189. The van der Waals surface area contributed by atoms with Gasteiger partial charge in [-0.1, -0.05) is 29.8 Å². The van der Waals surface area contributed by atoms with Crippen molar-refractivity contribution in [3.63, 3.8) is 0 Å². The predicted molar refractivity (Wildman–Crippen MR) is 83.2 cm³/mol. The third-order valence-corrected chi connectivity index (χ3v) is 3.56. The Morgan fingerprint density at radius 1 is 1.10 bits per heavy atom. The molecule has 0 saturated heterocycles. The number of carbonyl (C=O) groups is 1. The number of aryl methyl sites for hydroxylation is 1. The fourth-order valence-corrected chi connectivity index (χ4v) is 2.42. The van der Waals surface area contributed by atoms with E-state index in [9.17, 15) is 4.79 Å². The molecule has 0 saturated carbocycles. The molecule has 3 nitrogen and oxygen atoms in total. The molecule has 110 valence electrons. The van der Waals surface area contributed by atoms with Crippen LogP contribution in [0.1, 0.15) is 22.6 Å². The van der Waals surface area contributed by atoms with Crippen molar-refractivity contribution in [2.75, 3.05) is 14.2 Å². The Hall–Kier alpha value is -2.29. The van der Waals surface area contributed by atoms with Crippen LogP contribution in [0.3, 0.4) is 0 Å². The fraction of sp³-hybridized carbons (Fsp3) is 0.278. The number of aldehydes is 1. The summed E-state index contributed by atoms with van der Waals surface area (Å²) in [6.07, 6.45) is 1.58. The van der Waals surface area contributed by atoms with E-state index in [1.807, 2.05) is 49.4 Å². The maximum absolute atomic E-state index is 11.5. The summed E-state index contributed by atoms with van der Waals surface area (Å²) in [5.74, 6) is 1.35. The standard InChI is InChI=1S/C18H20O3/c1-13-5-4-6-14(9-13)16(12-19)10-15-11-17(20-2)7-8-18(15)21-3/h4-9,11-12,16H,10H2,1-3H3. The predicted octanol–water partition coefficient (Wildman–Crippen LogP) is 3.54. The highest BCUT2D eigenvalue weighted by Crippen LogP contribution is 2.29. The van der Waals surface area contributed by atoms with Crippen molar-refractivity contribution in [1.82, 2.24) is 0 Å². The molecule has 2 aromatic carbocycles. The number of rotatable bonds is 6. The van der Waals surface area contributed by atoms with E-state index < -0.39 is 0 Å². The highest BCUT2D eigenvalue weighted by Gasteiger charge is 2.15. The summed E-state index contributed by atoms with van der Waals surface area (Å²) in [5.41, 5.74) is 3.14. The molecule has 1 atom stereocenters. The molecular weight excluding hydrogens is 264 g/mol. The van der Waals surface area contributed by atoms with Gasteiger partial charge < -0.3 is 14.3 Å². The van der Waals surface area contributed by atoms with E-state index in [2.05, 4.69) is 0 Å². The molecule has 2 rings (SSSR count). The van der Waals surface area contributed by atoms with E-state index in [-0.39, 0.29) is 5.92 Å². The average molecular weight is 284 g/mol. The van der Waals surface area contributed by atoms with Crippen molar-refractivity contribution in [3.8, 4) is 11.5 Å². The summed E-state index contributed by atoms with van der Waals surface area (Å²) in [4.78, 5) is 11.5. The van der Waals surface area contributed by atoms with E-state index in [0.717, 1.165) is 34.5 Å². The Kier molecular flexibility index (Phi) is 4.99. The van der Waals surface area contributed by atoms with Crippen LogP contribution >= 0.6 is 0 Å². The van der Waals surface area contributed by atoms with E-state index in [4.69, 9.17) is 9.47 Å². The van der Waals surface area contributed by atoms with Gasteiger partial charge in [0.2, 0.25) is 0 Å². The summed E-state index contributed by atoms with van der Waals surface area (Å²) >= 11 is 0. The molecular formula is C18H20O3. The van der Waals surface area contributed by atoms with Gasteiger partial charge in [-0.05, 0) is 42.7 Å². The summed E-state index contributed by atoms with van der Waals surface area (Å²) < 4.78 is 10.6. The van der Waals surface area contributed by atoms with Crippen LogP contribution in [0.4, 0.5) is 0 Å². The first-order chi connectivity index (χ1) is 10.2. The maximum atomic E-state index is 11.5. The fourth-order valence-electron chi connectivity index (χ4n) is 2.42. The van der Waals surface area contributed by atoms with Crippen LogP contribution in [-0.2, 0) is 11.2 Å². The lowest BCUT2D eigenvalue weighted by Crippen LogP contribution is -2.06. The van der Waals surface area contributed by atoms with Gasteiger partial charge in [0.05, 0.1) is 14.2 Å². The van der Waals surface area contributed by atoms with Gasteiger partial charge in [0, 0.05) is 5.92 Å². The van der Waals surface area contributed by atoms with E-state index in [1.54, 1.807) is 14.2 Å². The molecule has 0 aliphatic rings. The van der Waals surface area contributed by atoms with Crippen molar-refractivity contribution in [2.45, 2.75) is 19.3 Å². The van der Waals surface area contributed by atoms with Crippen molar-refractivity contribution < 1.29 is 14.3 Å². The number of methoxy groups -OCH3 is 2. The Labute approximate surface area is 125 Å². The third-order valence-electron chi connectivity index (χ3n) is 3.56. The molecule has 21 heavy (non-hydrogen) atoms. The first-order valence-electron chi connectivity index (χ1n) is 6.90. The molecule has 0 aromatic heterocycles. The number of carbonyl (C=O) groups excluding carboxylic acids is 1. The quantitative estimate of drug-likeness (QED) is 0.761. The second-order valence-electron chi connectivity index (χ2n) is 5.04. The summed E-state index contributed by atoms with van der Waals surface area (Å²) in [6, 6.07) is 13.7. The molecule has 0 fully saturated rings. The first kappa shape index (κ1) is 15.1. The molecule has 1 unspecified atom stereocenters. The minimum Gasteiger partial charge on any atom is -0.497 e. The van der Waals surface area contributed by atoms with Gasteiger partial charge in [0.1, 0.15) is 17.8 Å². The highest BCUT2D eigenvalue weighted by molar-refractivity contribution is 5.63. The molecule has 3 heteroatoms. The second-order valence-corrected chi connectivity index (χ2v) is 5.04. The van der Waals surface area contributed by atoms with Gasteiger partial charge in [-0.15, -0.1) is 0 Å². The van der Waals surface area contributed by atoms with Crippen LogP contribution in [0, 0.1) is 6.92 Å². The van der Waals surface area contributed by atoms with Gasteiger partial charge in [-0.2, -0.15) is 0 Å². The smallest absolute Gasteiger partial charge is 0.127 e. The SMILES string of the molecule is COc1ccc(OC)c(CC(C=O)c2cccc(C)c2)c1. The zero-order chi connectivity index (χ0) is 15.2.